The topological polar surface area (TPSA) is 137 Å². The standard InChI is InChI=1S/C15H8N2O7S/c18-13-9-3-1-2-4-11(9)24-15(19)14(13)25-12-6-5-8(16(20)21)7-10(12)17(22)23/h1-7,18H. The summed E-state index contributed by atoms with van der Waals surface area (Å²) in [7, 11) is 0. The van der Waals surface area contributed by atoms with Crippen molar-refractivity contribution in [3.63, 3.8) is 0 Å². The summed E-state index contributed by atoms with van der Waals surface area (Å²) in [5.74, 6) is -0.371. The second-order valence-electron chi connectivity index (χ2n) is 4.83. The molecule has 25 heavy (non-hydrogen) atoms. The molecule has 0 saturated carbocycles. The number of benzene rings is 2. The number of non-ortho nitro benzene ring substituents is 1. The normalized spacial score (nSPS) is 10.7. The van der Waals surface area contributed by atoms with Crippen LogP contribution < -0.4 is 5.63 Å². The molecule has 0 saturated heterocycles. The number of rotatable bonds is 4. The fraction of sp³-hybridized carbons (Fsp3) is 0. The van der Waals surface area contributed by atoms with E-state index >= 15 is 0 Å². The molecule has 0 bridgehead atoms. The fourth-order valence-corrected chi connectivity index (χ4v) is 3.09. The van der Waals surface area contributed by atoms with Crippen molar-refractivity contribution in [3.8, 4) is 5.75 Å². The first-order valence-corrected chi connectivity index (χ1v) is 7.55. The highest BCUT2D eigenvalue weighted by Crippen LogP contribution is 2.40. The summed E-state index contributed by atoms with van der Waals surface area (Å²) in [6, 6.07) is 9.30. The highest BCUT2D eigenvalue weighted by Gasteiger charge is 2.23. The highest BCUT2D eigenvalue weighted by molar-refractivity contribution is 7.99. The Balaban J connectivity index is 2.15. The number of nitro groups is 2. The van der Waals surface area contributed by atoms with Crippen LogP contribution >= 0.6 is 11.8 Å². The van der Waals surface area contributed by atoms with Gasteiger partial charge in [-0.3, -0.25) is 20.2 Å². The van der Waals surface area contributed by atoms with Gasteiger partial charge in [0.25, 0.3) is 11.4 Å². The van der Waals surface area contributed by atoms with Crippen molar-refractivity contribution >= 4 is 34.1 Å². The lowest BCUT2D eigenvalue weighted by Gasteiger charge is -2.06. The van der Waals surface area contributed by atoms with Crippen LogP contribution in [0.15, 0.2) is 61.5 Å². The van der Waals surface area contributed by atoms with Gasteiger partial charge in [0.1, 0.15) is 16.2 Å². The Morgan fingerprint density at radius 1 is 1.04 bits per heavy atom. The van der Waals surface area contributed by atoms with Crippen molar-refractivity contribution in [3.05, 3.63) is 73.1 Å². The lowest BCUT2D eigenvalue weighted by molar-refractivity contribution is -0.396. The molecule has 0 amide bonds. The molecule has 126 valence electrons. The average molecular weight is 360 g/mol. The van der Waals surface area contributed by atoms with Gasteiger partial charge in [-0.05, 0) is 18.2 Å². The molecule has 9 nitrogen and oxygen atoms in total. The van der Waals surface area contributed by atoms with E-state index in [2.05, 4.69) is 0 Å². The maximum absolute atomic E-state index is 12.1. The second kappa shape index (κ2) is 6.24. The molecule has 2 aromatic carbocycles. The van der Waals surface area contributed by atoms with Gasteiger partial charge in [-0.1, -0.05) is 23.9 Å². The SMILES string of the molecule is O=c1oc2ccccc2c(O)c1Sc1ccc([N+](=O)[O-])cc1[N+](=O)[O-]. The molecule has 1 N–H and O–H groups in total. The van der Waals surface area contributed by atoms with E-state index in [0.29, 0.717) is 11.8 Å². The minimum Gasteiger partial charge on any atom is -0.506 e. The van der Waals surface area contributed by atoms with E-state index in [4.69, 9.17) is 4.42 Å². The van der Waals surface area contributed by atoms with Crippen LogP contribution in [-0.2, 0) is 0 Å². The van der Waals surface area contributed by atoms with Crippen LogP contribution in [0.25, 0.3) is 11.0 Å². The van der Waals surface area contributed by atoms with Crippen LogP contribution in [0.1, 0.15) is 0 Å². The number of para-hydroxylation sites is 1. The van der Waals surface area contributed by atoms with Crippen LogP contribution in [0.2, 0.25) is 0 Å². The van der Waals surface area contributed by atoms with E-state index in [1.54, 1.807) is 12.1 Å². The number of hydrogen-bond donors (Lipinski definition) is 1. The van der Waals surface area contributed by atoms with E-state index < -0.39 is 26.8 Å². The molecule has 3 rings (SSSR count). The van der Waals surface area contributed by atoms with Crippen LogP contribution in [0, 0.1) is 20.2 Å². The molecule has 0 spiro atoms. The monoisotopic (exact) mass is 360 g/mol. The van der Waals surface area contributed by atoms with Gasteiger partial charge in [-0.25, -0.2) is 4.79 Å². The summed E-state index contributed by atoms with van der Waals surface area (Å²) in [6.45, 7) is 0. The van der Waals surface area contributed by atoms with E-state index in [1.165, 1.54) is 12.1 Å². The van der Waals surface area contributed by atoms with E-state index in [0.717, 1.165) is 18.2 Å². The third-order valence-corrected chi connectivity index (χ3v) is 4.44. The summed E-state index contributed by atoms with van der Waals surface area (Å²) in [5, 5.41) is 32.5. The molecule has 1 aromatic heterocycles. The fourth-order valence-electron chi connectivity index (χ4n) is 2.16. The first-order valence-electron chi connectivity index (χ1n) is 6.74. The third kappa shape index (κ3) is 3.02. The Bertz CT molecular complexity index is 1080. The summed E-state index contributed by atoms with van der Waals surface area (Å²) in [4.78, 5) is 32.2. The molecule has 3 aromatic rings. The number of fused-ring (bicyclic) bond motifs is 1. The van der Waals surface area contributed by atoms with Crippen LogP contribution in [0.5, 0.6) is 5.75 Å². The quantitative estimate of drug-likeness (QED) is 0.424. The van der Waals surface area contributed by atoms with Gasteiger partial charge in [-0.15, -0.1) is 0 Å². The highest BCUT2D eigenvalue weighted by atomic mass is 32.2. The first kappa shape index (κ1) is 16.5. The summed E-state index contributed by atoms with van der Waals surface area (Å²) in [6.07, 6.45) is 0. The Labute approximate surface area is 142 Å². The van der Waals surface area contributed by atoms with Crippen molar-refractivity contribution in [2.75, 3.05) is 0 Å². The minimum atomic E-state index is -0.867. The Hall–Kier alpha value is -3.40. The van der Waals surface area contributed by atoms with Crippen molar-refractivity contribution in [2.24, 2.45) is 0 Å². The summed E-state index contributed by atoms with van der Waals surface area (Å²) >= 11 is 0.611. The van der Waals surface area contributed by atoms with Crippen molar-refractivity contribution < 1.29 is 19.4 Å². The molecule has 0 aliphatic heterocycles. The zero-order valence-electron chi connectivity index (χ0n) is 12.2. The minimum absolute atomic E-state index is 0.0338. The van der Waals surface area contributed by atoms with Crippen LogP contribution in [0.3, 0.4) is 0 Å². The summed E-state index contributed by atoms with van der Waals surface area (Å²) < 4.78 is 5.09. The molecule has 0 aliphatic carbocycles. The molecule has 0 unspecified atom stereocenters. The maximum Gasteiger partial charge on any atom is 0.354 e. The van der Waals surface area contributed by atoms with Crippen molar-refractivity contribution in [1.29, 1.82) is 0 Å². The number of nitro benzene ring substituents is 2. The lowest BCUT2D eigenvalue weighted by atomic mass is 10.2. The second-order valence-corrected chi connectivity index (χ2v) is 5.88. The van der Waals surface area contributed by atoms with Gasteiger partial charge in [0.05, 0.1) is 26.2 Å². The first-order chi connectivity index (χ1) is 11.9. The molecular weight excluding hydrogens is 352 g/mol. The Morgan fingerprint density at radius 2 is 1.76 bits per heavy atom. The predicted molar refractivity (Wildman–Crippen MR) is 88.0 cm³/mol. The van der Waals surface area contributed by atoms with Crippen molar-refractivity contribution in [2.45, 2.75) is 9.79 Å². The van der Waals surface area contributed by atoms with Gasteiger partial charge in [0, 0.05) is 6.07 Å². The van der Waals surface area contributed by atoms with E-state index in [1.807, 2.05) is 0 Å². The molecule has 1 heterocycles. The molecule has 0 radical (unpaired) electrons. The van der Waals surface area contributed by atoms with Gasteiger partial charge in [0.2, 0.25) is 0 Å². The van der Waals surface area contributed by atoms with Gasteiger partial charge < -0.3 is 9.52 Å². The zero-order chi connectivity index (χ0) is 18.1. The average Bonchev–Trinajstić information content (AvgIpc) is 2.58. The van der Waals surface area contributed by atoms with E-state index in [-0.39, 0.29) is 26.5 Å². The number of aromatic hydroxyl groups is 1. The molecule has 0 fully saturated rings. The Kier molecular flexibility index (Phi) is 4.11. The number of nitrogens with zero attached hydrogens (tertiary/aromatic N) is 2. The molecule has 0 aliphatic rings. The smallest absolute Gasteiger partial charge is 0.354 e. The molecule has 10 heteroatoms. The van der Waals surface area contributed by atoms with Crippen molar-refractivity contribution in [1.82, 2.24) is 0 Å². The van der Waals surface area contributed by atoms with E-state index in [9.17, 15) is 30.1 Å². The Morgan fingerprint density at radius 3 is 2.44 bits per heavy atom. The summed E-state index contributed by atoms with van der Waals surface area (Å²) in [5.41, 5.74) is -1.70. The van der Waals surface area contributed by atoms with Crippen LogP contribution in [-0.4, -0.2) is 15.0 Å². The molecular formula is C15H8N2O7S. The van der Waals surface area contributed by atoms with Gasteiger partial charge in [0.15, 0.2) is 0 Å². The molecule has 0 atom stereocenters. The predicted octanol–water partition coefficient (Wildman–Crippen LogP) is 3.47. The van der Waals surface area contributed by atoms with Gasteiger partial charge >= 0.3 is 5.63 Å². The van der Waals surface area contributed by atoms with Crippen LogP contribution in [0.4, 0.5) is 11.4 Å². The lowest BCUT2D eigenvalue weighted by Crippen LogP contribution is -2.03. The number of hydrogen-bond acceptors (Lipinski definition) is 8. The maximum atomic E-state index is 12.1. The largest absolute Gasteiger partial charge is 0.506 e. The van der Waals surface area contributed by atoms with Gasteiger partial charge in [-0.2, -0.15) is 0 Å². The zero-order valence-corrected chi connectivity index (χ0v) is 13.1. The third-order valence-electron chi connectivity index (χ3n) is 3.31.